The van der Waals surface area contributed by atoms with E-state index in [1.165, 1.54) is 4.88 Å². The maximum absolute atomic E-state index is 11.7. The molecule has 0 bridgehead atoms. The van der Waals surface area contributed by atoms with Crippen LogP contribution in [0.3, 0.4) is 0 Å². The summed E-state index contributed by atoms with van der Waals surface area (Å²) in [6.45, 7) is 9.92. The molecule has 0 spiro atoms. The van der Waals surface area contributed by atoms with E-state index in [2.05, 4.69) is 46.7 Å². The monoisotopic (exact) mass is 511 g/mol. The fraction of sp³-hybridized carbons (Fsp3) is 0.722. The lowest BCUT2D eigenvalue weighted by atomic mass is 10.0. The average molecular weight is 511 g/mol. The van der Waals surface area contributed by atoms with E-state index in [0.29, 0.717) is 19.1 Å². The third-order valence-corrected chi connectivity index (χ3v) is 4.88. The molecular formula is C18H34IN5O2S. The largest absolute Gasteiger partial charge is 0.450 e. The van der Waals surface area contributed by atoms with Gasteiger partial charge in [0, 0.05) is 43.7 Å². The Hall–Kier alpha value is -1.10. The molecule has 0 fully saturated rings. The van der Waals surface area contributed by atoms with Crippen LogP contribution in [0.5, 0.6) is 0 Å². The molecule has 1 aromatic rings. The Morgan fingerprint density at radius 2 is 2.07 bits per heavy atom. The predicted octanol–water partition coefficient (Wildman–Crippen LogP) is 3.19. The fourth-order valence-corrected chi connectivity index (χ4v) is 3.32. The molecule has 1 rings (SSSR count). The number of amides is 1. The van der Waals surface area contributed by atoms with Crippen molar-refractivity contribution in [1.82, 2.24) is 20.9 Å². The second-order valence-corrected chi connectivity index (χ2v) is 7.59. The van der Waals surface area contributed by atoms with Crippen molar-refractivity contribution in [2.45, 2.75) is 53.0 Å². The van der Waals surface area contributed by atoms with Gasteiger partial charge in [-0.25, -0.2) is 9.78 Å². The van der Waals surface area contributed by atoms with Crippen LogP contribution in [0.25, 0.3) is 0 Å². The molecule has 3 N–H and O–H groups in total. The number of nitrogens with one attached hydrogen (secondary N) is 3. The van der Waals surface area contributed by atoms with Gasteiger partial charge in [-0.2, -0.15) is 0 Å². The molecule has 1 amide bonds. The van der Waals surface area contributed by atoms with Crippen molar-refractivity contribution in [3.63, 3.8) is 0 Å². The Morgan fingerprint density at radius 1 is 1.33 bits per heavy atom. The minimum atomic E-state index is -0.376. The number of nitrogens with zero attached hydrogens (tertiary/aromatic N) is 2. The summed E-state index contributed by atoms with van der Waals surface area (Å²) in [6, 6.07) is -0.0151. The normalized spacial score (nSPS) is 12.3. The maximum Gasteiger partial charge on any atom is 0.407 e. The lowest BCUT2D eigenvalue weighted by molar-refractivity contribution is 0.146. The quantitative estimate of drug-likeness (QED) is 0.255. The van der Waals surface area contributed by atoms with Gasteiger partial charge in [-0.05, 0) is 25.7 Å². The van der Waals surface area contributed by atoms with Gasteiger partial charge in [-0.15, -0.1) is 35.3 Å². The Bertz CT molecular complexity index is 566. The molecule has 0 aromatic carbocycles. The first-order chi connectivity index (χ1) is 12.5. The average Bonchev–Trinajstić information content (AvgIpc) is 3.05. The van der Waals surface area contributed by atoms with E-state index in [1.54, 1.807) is 25.3 Å². The number of thiazole rings is 1. The molecule has 0 aliphatic carbocycles. The number of halogens is 1. The van der Waals surface area contributed by atoms with Crippen molar-refractivity contribution in [3.8, 4) is 0 Å². The molecule has 0 radical (unpaired) electrons. The van der Waals surface area contributed by atoms with Crippen LogP contribution in [0.2, 0.25) is 0 Å². The standard InChI is InChI=1S/C18H33N5O2S.HI/c1-6-15-12-21-16(26-15)8-9-20-17(19-5)22-11-14(10-13(3)4)23-18(24)25-7-2;/h12-14H,6-11H2,1-5H3,(H,23,24)(H2,19,20,22);1H. The van der Waals surface area contributed by atoms with E-state index in [1.807, 2.05) is 6.20 Å². The minimum absolute atomic E-state index is 0. The first kappa shape index (κ1) is 25.9. The van der Waals surface area contributed by atoms with Gasteiger partial charge < -0.3 is 20.7 Å². The number of aromatic nitrogens is 1. The number of carbonyl (C=O) groups excluding carboxylic acids is 1. The molecule has 1 atom stereocenters. The number of hydrogen-bond acceptors (Lipinski definition) is 5. The van der Waals surface area contributed by atoms with Gasteiger partial charge >= 0.3 is 6.09 Å². The number of alkyl carbamates (subject to hydrolysis) is 1. The summed E-state index contributed by atoms with van der Waals surface area (Å²) in [5.41, 5.74) is 0. The van der Waals surface area contributed by atoms with E-state index >= 15 is 0 Å². The highest BCUT2D eigenvalue weighted by atomic mass is 127. The van der Waals surface area contributed by atoms with Crippen molar-refractivity contribution in [2.24, 2.45) is 10.9 Å². The lowest BCUT2D eigenvalue weighted by Gasteiger charge is -2.22. The van der Waals surface area contributed by atoms with Crippen LogP contribution in [0.1, 0.15) is 44.0 Å². The van der Waals surface area contributed by atoms with Crippen LogP contribution < -0.4 is 16.0 Å². The van der Waals surface area contributed by atoms with Crippen LogP contribution in [0.4, 0.5) is 4.79 Å². The van der Waals surface area contributed by atoms with Crippen LogP contribution in [0, 0.1) is 5.92 Å². The van der Waals surface area contributed by atoms with Gasteiger partial charge in [0.2, 0.25) is 0 Å². The zero-order chi connectivity index (χ0) is 19.4. The predicted molar refractivity (Wildman–Crippen MR) is 123 cm³/mol. The second-order valence-electron chi connectivity index (χ2n) is 6.40. The van der Waals surface area contributed by atoms with E-state index in [-0.39, 0.29) is 36.1 Å². The van der Waals surface area contributed by atoms with Gasteiger partial charge in [0.25, 0.3) is 0 Å². The molecule has 1 unspecified atom stereocenters. The zero-order valence-corrected chi connectivity index (χ0v) is 20.1. The van der Waals surface area contributed by atoms with Crippen LogP contribution in [-0.4, -0.2) is 49.8 Å². The van der Waals surface area contributed by atoms with Gasteiger partial charge in [0.15, 0.2) is 5.96 Å². The Labute approximate surface area is 184 Å². The first-order valence-electron chi connectivity index (χ1n) is 9.29. The molecule has 9 heteroatoms. The molecule has 0 aliphatic heterocycles. The number of rotatable bonds is 10. The Kier molecular flexibility index (Phi) is 14.3. The molecule has 1 aromatic heterocycles. The maximum atomic E-state index is 11.7. The van der Waals surface area contributed by atoms with Crippen LogP contribution in [-0.2, 0) is 17.6 Å². The number of ether oxygens (including phenoxy) is 1. The summed E-state index contributed by atoms with van der Waals surface area (Å²) in [6.07, 6.45) is 4.33. The SMILES string of the molecule is CCOC(=O)NC(CNC(=NC)NCCc1ncc(CC)s1)CC(C)C.I. The molecule has 156 valence electrons. The summed E-state index contributed by atoms with van der Waals surface area (Å²) < 4.78 is 4.98. The molecule has 1 heterocycles. The second kappa shape index (κ2) is 14.9. The summed E-state index contributed by atoms with van der Waals surface area (Å²) in [5, 5.41) is 10.6. The highest BCUT2D eigenvalue weighted by Crippen LogP contribution is 2.13. The fourth-order valence-electron chi connectivity index (χ4n) is 2.46. The highest BCUT2D eigenvalue weighted by Gasteiger charge is 2.15. The Morgan fingerprint density at radius 3 is 2.63 bits per heavy atom. The van der Waals surface area contributed by atoms with E-state index in [4.69, 9.17) is 4.74 Å². The Balaban J connectivity index is 0.00000676. The number of hydrogen-bond donors (Lipinski definition) is 3. The number of aryl methyl sites for hydroxylation is 1. The lowest BCUT2D eigenvalue weighted by Crippen LogP contribution is -2.48. The van der Waals surface area contributed by atoms with Crippen molar-refractivity contribution in [2.75, 3.05) is 26.7 Å². The first-order valence-corrected chi connectivity index (χ1v) is 10.1. The van der Waals surface area contributed by atoms with Crippen molar-refractivity contribution in [1.29, 1.82) is 0 Å². The molecule has 7 nitrogen and oxygen atoms in total. The highest BCUT2D eigenvalue weighted by molar-refractivity contribution is 14.0. The van der Waals surface area contributed by atoms with Crippen LogP contribution >= 0.6 is 35.3 Å². The van der Waals surface area contributed by atoms with E-state index in [0.717, 1.165) is 36.8 Å². The summed E-state index contributed by atoms with van der Waals surface area (Å²) in [7, 11) is 1.74. The van der Waals surface area contributed by atoms with Crippen molar-refractivity contribution < 1.29 is 9.53 Å². The van der Waals surface area contributed by atoms with Gasteiger partial charge in [0.05, 0.1) is 11.6 Å². The van der Waals surface area contributed by atoms with E-state index < -0.39 is 0 Å². The van der Waals surface area contributed by atoms with Gasteiger partial charge in [0.1, 0.15) is 0 Å². The van der Waals surface area contributed by atoms with Crippen molar-refractivity contribution in [3.05, 3.63) is 16.1 Å². The van der Waals surface area contributed by atoms with Crippen molar-refractivity contribution >= 4 is 47.4 Å². The molecule has 0 aliphatic rings. The van der Waals surface area contributed by atoms with E-state index in [9.17, 15) is 4.79 Å². The zero-order valence-electron chi connectivity index (χ0n) is 17.0. The molecule has 0 saturated heterocycles. The van der Waals surface area contributed by atoms with Crippen LogP contribution in [0.15, 0.2) is 11.2 Å². The third kappa shape index (κ3) is 11.4. The topological polar surface area (TPSA) is 87.6 Å². The van der Waals surface area contributed by atoms with Gasteiger partial charge in [-0.1, -0.05) is 20.8 Å². The molecule has 0 saturated carbocycles. The summed E-state index contributed by atoms with van der Waals surface area (Å²) >= 11 is 1.76. The number of aliphatic imine (C=N–C) groups is 1. The van der Waals surface area contributed by atoms with Gasteiger partial charge in [-0.3, -0.25) is 4.99 Å². The third-order valence-electron chi connectivity index (χ3n) is 3.67. The number of carbonyl (C=O) groups is 1. The number of guanidine groups is 1. The summed E-state index contributed by atoms with van der Waals surface area (Å²) in [5.74, 6) is 1.19. The molecular weight excluding hydrogens is 477 g/mol. The minimum Gasteiger partial charge on any atom is -0.450 e. The summed E-state index contributed by atoms with van der Waals surface area (Å²) in [4.78, 5) is 21.7. The smallest absolute Gasteiger partial charge is 0.407 e. The molecule has 27 heavy (non-hydrogen) atoms.